The maximum absolute atomic E-state index is 11.9. The fourth-order valence-electron chi connectivity index (χ4n) is 2.49. The van der Waals surface area contributed by atoms with Gasteiger partial charge in [-0.25, -0.2) is 0 Å². The zero-order valence-corrected chi connectivity index (χ0v) is 13.5. The smallest absolute Gasteiger partial charge is 0.220 e. The molecule has 1 aromatic carbocycles. The van der Waals surface area contributed by atoms with Crippen LogP contribution >= 0.6 is 23.2 Å². The Morgan fingerprint density at radius 2 is 2.10 bits per heavy atom. The molecule has 1 fully saturated rings. The third kappa shape index (κ3) is 5.50. The summed E-state index contributed by atoms with van der Waals surface area (Å²) in [5, 5.41) is 13.2. The van der Waals surface area contributed by atoms with Crippen LogP contribution in [0.3, 0.4) is 0 Å². The number of hydrogen-bond acceptors (Lipinski definition) is 2. The number of nitrogens with one attached hydrogen (secondary N) is 1. The molecule has 0 bridgehead atoms. The normalized spacial score (nSPS) is 15.8. The predicted octanol–water partition coefficient (Wildman–Crippen LogP) is 3.59. The van der Waals surface area contributed by atoms with E-state index in [1.165, 1.54) is 0 Å². The Kier molecular flexibility index (Phi) is 6.34. The number of carbonyl (C=O) groups is 1. The quantitative estimate of drug-likeness (QED) is 0.765. The molecule has 0 spiro atoms. The summed E-state index contributed by atoms with van der Waals surface area (Å²) in [6.07, 6.45) is 5.05. The molecule has 2 rings (SSSR count). The highest BCUT2D eigenvalue weighted by Gasteiger charge is 2.31. The van der Waals surface area contributed by atoms with Gasteiger partial charge in [0, 0.05) is 19.1 Å². The maximum Gasteiger partial charge on any atom is 0.220 e. The molecule has 1 aliphatic carbocycles. The summed E-state index contributed by atoms with van der Waals surface area (Å²) in [4.78, 5) is 11.9. The lowest BCUT2D eigenvalue weighted by molar-refractivity contribution is -0.122. The van der Waals surface area contributed by atoms with E-state index in [0.29, 0.717) is 28.8 Å². The Bertz CT molecular complexity index is 489. The number of rotatable bonds is 8. The zero-order chi connectivity index (χ0) is 15.2. The number of carbonyl (C=O) groups excluding carboxylic acids is 1. The maximum atomic E-state index is 11.9. The van der Waals surface area contributed by atoms with Gasteiger partial charge in [-0.2, -0.15) is 0 Å². The minimum Gasteiger partial charge on any atom is -0.396 e. The van der Waals surface area contributed by atoms with E-state index in [9.17, 15) is 4.79 Å². The topological polar surface area (TPSA) is 49.3 Å². The SMILES string of the molecule is O=C(CCCc1ccc(Cl)c(Cl)c1)NC(CCO)C1CC1. The summed E-state index contributed by atoms with van der Waals surface area (Å²) in [6, 6.07) is 5.71. The fourth-order valence-corrected chi connectivity index (χ4v) is 2.81. The molecule has 1 aromatic rings. The lowest BCUT2D eigenvalue weighted by Gasteiger charge is -2.17. The molecule has 0 heterocycles. The number of aliphatic hydroxyl groups excluding tert-OH is 1. The third-order valence-electron chi connectivity index (χ3n) is 3.83. The van der Waals surface area contributed by atoms with Gasteiger partial charge in [0.25, 0.3) is 0 Å². The molecule has 1 aliphatic rings. The molecular formula is C16H21Cl2NO2. The fraction of sp³-hybridized carbons (Fsp3) is 0.562. The highest BCUT2D eigenvalue weighted by molar-refractivity contribution is 6.42. The van der Waals surface area contributed by atoms with Gasteiger partial charge >= 0.3 is 0 Å². The Balaban J connectivity index is 1.72. The Morgan fingerprint density at radius 3 is 2.71 bits per heavy atom. The van der Waals surface area contributed by atoms with Crippen LogP contribution in [0, 0.1) is 5.92 Å². The standard InChI is InChI=1S/C16H21Cl2NO2/c17-13-7-4-11(10-14(13)18)2-1-3-16(21)19-15(8-9-20)12-5-6-12/h4,7,10,12,15,20H,1-3,5-6,8-9H2,(H,19,21). The summed E-state index contributed by atoms with van der Waals surface area (Å²) in [5.74, 6) is 0.636. The van der Waals surface area contributed by atoms with Crippen molar-refractivity contribution in [1.82, 2.24) is 5.32 Å². The second-order valence-corrected chi connectivity index (χ2v) is 6.44. The summed E-state index contributed by atoms with van der Waals surface area (Å²) in [5.41, 5.74) is 1.09. The van der Waals surface area contributed by atoms with E-state index in [0.717, 1.165) is 31.2 Å². The molecule has 0 aromatic heterocycles. The Morgan fingerprint density at radius 1 is 1.33 bits per heavy atom. The van der Waals surface area contributed by atoms with Crippen LogP contribution in [-0.4, -0.2) is 23.7 Å². The van der Waals surface area contributed by atoms with Crippen LogP contribution in [0.5, 0.6) is 0 Å². The second kappa shape index (κ2) is 8.02. The van der Waals surface area contributed by atoms with Crippen molar-refractivity contribution < 1.29 is 9.90 Å². The average molecular weight is 330 g/mol. The molecule has 1 unspecified atom stereocenters. The number of aliphatic hydroxyl groups is 1. The zero-order valence-electron chi connectivity index (χ0n) is 11.9. The molecule has 116 valence electrons. The van der Waals surface area contributed by atoms with Gasteiger partial charge in [-0.05, 0) is 55.7 Å². The van der Waals surface area contributed by atoms with E-state index in [4.69, 9.17) is 28.3 Å². The van der Waals surface area contributed by atoms with Gasteiger partial charge in [-0.1, -0.05) is 29.3 Å². The van der Waals surface area contributed by atoms with Crippen molar-refractivity contribution in [3.05, 3.63) is 33.8 Å². The first-order valence-corrected chi connectivity index (χ1v) is 8.20. The molecular weight excluding hydrogens is 309 g/mol. The van der Waals surface area contributed by atoms with E-state index in [2.05, 4.69) is 5.32 Å². The number of aryl methyl sites for hydroxylation is 1. The van der Waals surface area contributed by atoms with E-state index < -0.39 is 0 Å². The predicted molar refractivity (Wildman–Crippen MR) is 85.8 cm³/mol. The van der Waals surface area contributed by atoms with Crippen molar-refractivity contribution in [2.24, 2.45) is 5.92 Å². The van der Waals surface area contributed by atoms with Crippen LogP contribution in [0.1, 0.15) is 37.7 Å². The molecule has 1 amide bonds. The van der Waals surface area contributed by atoms with Gasteiger partial charge in [-0.15, -0.1) is 0 Å². The monoisotopic (exact) mass is 329 g/mol. The largest absolute Gasteiger partial charge is 0.396 e. The summed E-state index contributed by atoms with van der Waals surface area (Å²) < 4.78 is 0. The lowest BCUT2D eigenvalue weighted by Crippen LogP contribution is -2.37. The summed E-state index contributed by atoms with van der Waals surface area (Å²) in [7, 11) is 0. The van der Waals surface area contributed by atoms with Crippen LogP contribution in [0.25, 0.3) is 0 Å². The van der Waals surface area contributed by atoms with E-state index in [-0.39, 0.29) is 18.6 Å². The van der Waals surface area contributed by atoms with E-state index in [1.807, 2.05) is 12.1 Å². The van der Waals surface area contributed by atoms with Gasteiger partial charge in [-0.3, -0.25) is 4.79 Å². The van der Waals surface area contributed by atoms with Crippen molar-refractivity contribution in [1.29, 1.82) is 0 Å². The highest BCUT2D eigenvalue weighted by Crippen LogP contribution is 2.34. The highest BCUT2D eigenvalue weighted by atomic mass is 35.5. The molecule has 2 N–H and O–H groups in total. The van der Waals surface area contributed by atoms with Gasteiger partial charge in [0.05, 0.1) is 10.0 Å². The number of halogens is 2. The van der Waals surface area contributed by atoms with E-state index in [1.54, 1.807) is 6.07 Å². The van der Waals surface area contributed by atoms with Crippen LogP contribution < -0.4 is 5.32 Å². The molecule has 0 saturated heterocycles. The molecule has 0 aliphatic heterocycles. The van der Waals surface area contributed by atoms with Crippen LogP contribution in [0.2, 0.25) is 10.0 Å². The summed E-state index contributed by atoms with van der Waals surface area (Å²) in [6.45, 7) is 0.130. The first-order valence-electron chi connectivity index (χ1n) is 7.44. The minimum absolute atomic E-state index is 0.0698. The molecule has 3 nitrogen and oxygen atoms in total. The lowest BCUT2D eigenvalue weighted by atomic mass is 10.1. The van der Waals surface area contributed by atoms with Crippen molar-refractivity contribution >= 4 is 29.1 Å². The van der Waals surface area contributed by atoms with E-state index >= 15 is 0 Å². The molecule has 21 heavy (non-hydrogen) atoms. The number of amides is 1. The molecule has 5 heteroatoms. The van der Waals surface area contributed by atoms with Crippen molar-refractivity contribution in [3.8, 4) is 0 Å². The van der Waals surface area contributed by atoms with Gasteiger partial charge in [0.2, 0.25) is 5.91 Å². The third-order valence-corrected chi connectivity index (χ3v) is 4.57. The molecule has 1 saturated carbocycles. The first kappa shape index (κ1) is 16.6. The number of benzene rings is 1. The number of hydrogen-bond donors (Lipinski definition) is 2. The second-order valence-electron chi connectivity index (χ2n) is 5.63. The van der Waals surface area contributed by atoms with Gasteiger partial charge in [0.1, 0.15) is 0 Å². The van der Waals surface area contributed by atoms with Crippen molar-refractivity contribution in [2.45, 2.75) is 44.6 Å². The molecule has 0 radical (unpaired) electrons. The Labute approximate surface area is 135 Å². The minimum atomic E-state index is 0.0698. The van der Waals surface area contributed by atoms with Crippen LogP contribution in [0.15, 0.2) is 18.2 Å². The van der Waals surface area contributed by atoms with Gasteiger partial charge in [0.15, 0.2) is 0 Å². The van der Waals surface area contributed by atoms with Crippen molar-refractivity contribution in [3.63, 3.8) is 0 Å². The Hall–Kier alpha value is -0.770. The first-order chi connectivity index (χ1) is 10.1. The van der Waals surface area contributed by atoms with Crippen LogP contribution in [0.4, 0.5) is 0 Å². The van der Waals surface area contributed by atoms with Crippen LogP contribution in [-0.2, 0) is 11.2 Å². The average Bonchev–Trinajstić information content (AvgIpc) is 3.27. The summed E-state index contributed by atoms with van der Waals surface area (Å²) >= 11 is 11.8. The molecule has 1 atom stereocenters. The van der Waals surface area contributed by atoms with Gasteiger partial charge < -0.3 is 10.4 Å². The van der Waals surface area contributed by atoms with Crippen molar-refractivity contribution in [2.75, 3.05) is 6.61 Å².